The number of nitrogens with one attached hydrogen (secondary N) is 1. The number of carbonyl (C=O) groups is 1. The second-order valence-corrected chi connectivity index (χ2v) is 3.39. The first-order valence-corrected chi connectivity index (χ1v) is 4.49. The summed E-state index contributed by atoms with van der Waals surface area (Å²) in [5.74, 6) is -1.60. The molecule has 2 heterocycles. The fourth-order valence-corrected chi connectivity index (χ4v) is 1.64. The molecule has 0 saturated heterocycles. The van der Waals surface area contributed by atoms with Gasteiger partial charge in [-0.1, -0.05) is 11.6 Å². The van der Waals surface area contributed by atoms with E-state index >= 15 is 0 Å². The van der Waals surface area contributed by atoms with E-state index in [0.29, 0.717) is 11.1 Å². The molecule has 0 aliphatic rings. The Morgan fingerprint density at radius 3 is 2.94 bits per heavy atom. The predicted molar refractivity (Wildman–Crippen MR) is 59.6 cm³/mol. The first kappa shape index (κ1) is 14.1. The second kappa shape index (κ2) is 5.57. The zero-order valence-electron chi connectivity index (χ0n) is 7.42. The van der Waals surface area contributed by atoms with Crippen LogP contribution in [0.5, 0.6) is 0 Å². The van der Waals surface area contributed by atoms with E-state index in [0.717, 1.165) is 6.20 Å². The van der Waals surface area contributed by atoms with E-state index in [2.05, 4.69) is 9.97 Å². The van der Waals surface area contributed by atoms with E-state index in [1.54, 1.807) is 0 Å². The van der Waals surface area contributed by atoms with Gasteiger partial charge in [-0.15, -0.1) is 0 Å². The summed E-state index contributed by atoms with van der Waals surface area (Å²) in [6.45, 7) is 0. The molecule has 4 nitrogen and oxygen atoms in total. The van der Waals surface area contributed by atoms with Crippen LogP contribution in [0.4, 0.5) is 4.39 Å². The number of rotatable bonds is 2. The van der Waals surface area contributed by atoms with Gasteiger partial charge in [0.15, 0.2) is 11.0 Å². The Hall–Kier alpha value is 0.0164. The molecule has 2 aromatic rings. The number of H-pyrrole nitrogens is 1. The van der Waals surface area contributed by atoms with Crippen LogP contribution in [-0.4, -0.2) is 72.4 Å². The van der Waals surface area contributed by atoms with E-state index in [4.69, 9.17) is 16.7 Å². The Morgan fingerprint density at radius 1 is 1.62 bits per heavy atom. The Kier molecular flexibility index (Phi) is 4.90. The van der Waals surface area contributed by atoms with Crippen LogP contribution in [0, 0.1) is 5.82 Å². The van der Waals surface area contributed by atoms with Crippen LogP contribution < -0.4 is 0 Å². The van der Waals surface area contributed by atoms with Crippen LogP contribution in [0.3, 0.4) is 0 Å². The molecule has 0 aliphatic heterocycles. The van der Waals surface area contributed by atoms with Crippen LogP contribution in [0.25, 0.3) is 10.9 Å². The number of carboxylic acids is 1. The number of pyridine rings is 1. The third kappa shape index (κ3) is 2.64. The van der Waals surface area contributed by atoms with E-state index in [1.807, 2.05) is 0 Å². The molecule has 0 bridgehead atoms. The zero-order chi connectivity index (χ0) is 11.0. The summed E-state index contributed by atoms with van der Waals surface area (Å²) < 4.78 is 13.4. The molecule has 2 rings (SSSR count). The van der Waals surface area contributed by atoms with Crippen molar-refractivity contribution in [3.63, 3.8) is 0 Å². The van der Waals surface area contributed by atoms with Gasteiger partial charge < -0.3 is 10.1 Å². The number of aromatic nitrogens is 2. The van der Waals surface area contributed by atoms with Crippen LogP contribution in [-0.2, 0) is 11.2 Å². The average Bonchev–Trinajstić information content (AvgIpc) is 2.56. The fourth-order valence-electron chi connectivity index (χ4n) is 1.44. The summed E-state index contributed by atoms with van der Waals surface area (Å²) in [7, 11) is 0. The molecule has 2 N–H and O–H groups in total. The molecule has 7 heteroatoms. The Morgan fingerprint density at radius 2 is 2.31 bits per heavy atom. The molecule has 0 fully saturated rings. The SMILES string of the molecule is O=C(O)Cc1c[nH]c2c(Cl)ncc(F)c12.[KH]. The van der Waals surface area contributed by atoms with Crippen molar-refractivity contribution in [3.05, 3.63) is 28.9 Å². The molecule has 0 radical (unpaired) electrons. The van der Waals surface area contributed by atoms with Crippen molar-refractivity contribution in [2.45, 2.75) is 6.42 Å². The van der Waals surface area contributed by atoms with Crippen LogP contribution in [0.1, 0.15) is 5.56 Å². The molecule has 0 unspecified atom stereocenters. The summed E-state index contributed by atoms with van der Waals surface area (Å²) in [4.78, 5) is 16.8. The van der Waals surface area contributed by atoms with Crippen molar-refractivity contribution in [1.29, 1.82) is 0 Å². The number of nitrogens with zero attached hydrogens (tertiary/aromatic N) is 1. The van der Waals surface area contributed by atoms with Crippen molar-refractivity contribution in [3.8, 4) is 0 Å². The normalized spacial score (nSPS) is 10.1. The molecule has 16 heavy (non-hydrogen) atoms. The Bertz CT molecular complexity index is 544. The summed E-state index contributed by atoms with van der Waals surface area (Å²) >= 11 is 5.72. The van der Waals surface area contributed by atoms with Crippen LogP contribution in [0.2, 0.25) is 5.15 Å². The van der Waals surface area contributed by atoms with Gasteiger partial charge in [0.2, 0.25) is 0 Å². The predicted octanol–water partition coefficient (Wildman–Crippen LogP) is 1.33. The number of hydrogen-bond donors (Lipinski definition) is 2. The summed E-state index contributed by atoms with van der Waals surface area (Å²) in [6.07, 6.45) is 2.15. The molecule has 0 aliphatic carbocycles. The average molecular weight is 269 g/mol. The van der Waals surface area contributed by atoms with Gasteiger partial charge in [-0.3, -0.25) is 4.79 Å². The minimum absolute atomic E-state index is 0. The van der Waals surface area contributed by atoms with Gasteiger partial charge in [0.05, 0.1) is 18.1 Å². The molecule has 0 aromatic carbocycles. The second-order valence-electron chi connectivity index (χ2n) is 3.03. The summed E-state index contributed by atoms with van der Waals surface area (Å²) in [5, 5.41) is 8.94. The third-order valence-corrected chi connectivity index (χ3v) is 2.33. The van der Waals surface area contributed by atoms with Gasteiger partial charge in [-0.2, -0.15) is 0 Å². The molecule has 0 spiro atoms. The van der Waals surface area contributed by atoms with E-state index in [1.165, 1.54) is 6.20 Å². The standard InChI is InChI=1S/C9H6ClFN2O2.K.H/c10-9-8-7(5(11)3-13-9)4(2-12-8)1-6(14)15;;/h2-3,12H,1H2,(H,14,15);;. The number of fused-ring (bicyclic) bond motifs is 1. The Balaban J connectivity index is 0.00000128. The van der Waals surface area contributed by atoms with Gasteiger partial charge in [0.25, 0.3) is 0 Å². The van der Waals surface area contributed by atoms with Crippen molar-refractivity contribution in [2.24, 2.45) is 0 Å². The topological polar surface area (TPSA) is 66.0 Å². The van der Waals surface area contributed by atoms with E-state index < -0.39 is 11.8 Å². The van der Waals surface area contributed by atoms with Gasteiger partial charge in [-0.25, -0.2) is 9.37 Å². The zero-order valence-corrected chi connectivity index (χ0v) is 8.18. The number of halogens is 2. The fraction of sp³-hybridized carbons (Fsp3) is 0.111. The molecule has 2 aromatic heterocycles. The van der Waals surface area contributed by atoms with Crippen molar-refractivity contribution in [1.82, 2.24) is 9.97 Å². The molecule has 80 valence electrons. The van der Waals surface area contributed by atoms with Gasteiger partial charge in [-0.05, 0) is 5.56 Å². The van der Waals surface area contributed by atoms with Gasteiger partial charge >= 0.3 is 57.4 Å². The maximum atomic E-state index is 13.4. The monoisotopic (exact) mass is 268 g/mol. The summed E-state index contributed by atoms with van der Waals surface area (Å²) in [6, 6.07) is 0. The van der Waals surface area contributed by atoms with E-state index in [-0.39, 0.29) is 68.3 Å². The molecular formula is C9H7ClFKN2O2. The summed E-state index contributed by atoms with van der Waals surface area (Å²) in [5.41, 5.74) is 0.687. The number of aliphatic carboxylic acids is 1. The van der Waals surface area contributed by atoms with Crippen molar-refractivity contribution < 1.29 is 14.3 Å². The minimum atomic E-state index is -1.02. The maximum absolute atomic E-state index is 13.4. The van der Waals surface area contributed by atoms with Crippen LogP contribution in [0.15, 0.2) is 12.4 Å². The van der Waals surface area contributed by atoms with Crippen molar-refractivity contribution >= 4 is 79.9 Å². The molecule has 0 atom stereocenters. The number of aromatic amines is 1. The number of hydrogen-bond acceptors (Lipinski definition) is 2. The van der Waals surface area contributed by atoms with Gasteiger partial charge in [0, 0.05) is 11.6 Å². The molecule has 0 amide bonds. The Labute approximate surface area is 138 Å². The molecule has 0 saturated carbocycles. The quantitative estimate of drug-likeness (QED) is 0.638. The van der Waals surface area contributed by atoms with E-state index in [9.17, 15) is 9.18 Å². The first-order valence-electron chi connectivity index (χ1n) is 4.11. The first-order chi connectivity index (χ1) is 7.09. The van der Waals surface area contributed by atoms with Crippen LogP contribution >= 0.6 is 11.6 Å². The molecular weight excluding hydrogens is 262 g/mol. The van der Waals surface area contributed by atoms with Gasteiger partial charge in [0.1, 0.15) is 0 Å². The number of carboxylic acid groups (broad SMARTS) is 1. The van der Waals surface area contributed by atoms with Crippen molar-refractivity contribution in [2.75, 3.05) is 0 Å². The third-order valence-electron chi connectivity index (χ3n) is 2.04.